The van der Waals surface area contributed by atoms with Crippen molar-refractivity contribution in [3.8, 4) is 11.5 Å². The van der Waals surface area contributed by atoms with Gasteiger partial charge < -0.3 is 15.2 Å². The molecule has 3 aromatic rings. The van der Waals surface area contributed by atoms with Gasteiger partial charge in [0, 0.05) is 6.20 Å². The van der Waals surface area contributed by atoms with E-state index < -0.39 is 23.3 Å². The van der Waals surface area contributed by atoms with E-state index in [2.05, 4.69) is 9.97 Å². The zero-order valence-corrected chi connectivity index (χ0v) is 11.3. The molecule has 0 aliphatic rings. The number of carbonyl (C=O) groups is 1. The first-order chi connectivity index (χ1) is 10.8. The fraction of sp³-hybridized carbons (Fsp3) is 0.0667. The average molecular weight is 322 g/mol. The number of H-pyrrole nitrogens is 1. The van der Waals surface area contributed by atoms with Crippen molar-refractivity contribution >= 4 is 16.7 Å². The van der Waals surface area contributed by atoms with Crippen LogP contribution in [-0.2, 0) is 6.18 Å². The van der Waals surface area contributed by atoms with Crippen molar-refractivity contribution in [2.75, 3.05) is 0 Å². The van der Waals surface area contributed by atoms with Crippen molar-refractivity contribution in [3.63, 3.8) is 0 Å². The number of pyridine rings is 1. The van der Waals surface area contributed by atoms with Crippen LogP contribution in [-0.4, -0.2) is 26.0 Å². The molecule has 0 aliphatic carbocycles. The smallest absolute Gasteiger partial charge is 0.433 e. The van der Waals surface area contributed by atoms with Crippen molar-refractivity contribution < 1.29 is 28.2 Å². The van der Waals surface area contributed by atoms with E-state index in [1.54, 1.807) is 0 Å². The molecule has 0 radical (unpaired) electrons. The zero-order valence-electron chi connectivity index (χ0n) is 11.3. The number of phenolic OH excluding ortho intramolecular Hbond substituents is 2. The minimum Gasteiger partial charge on any atom is -0.507 e. The number of alkyl halides is 3. The SMILES string of the molecule is O=C(c1cccc(C(F)(F)F)n1)c1c[nH]c2c(O)ccc(O)c12. The van der Waals surface area contributed by atoms with E-state index in [-0.39, 0.29) is 28.0 Å². The number of hydrogen-bond acceptors (Lipinski definition) is 4. The van der Waals surface area contributed by atoms with Crippen LogP contribution < -0.4 is 0 Å². The summed E-state index contributed by atoms with van der Waals surface area (Å²) in [6.07, 6.45) is -3.47. The van der Waals surface area contributed by atoms with Crippen LogP contribution in [0.1, 0.15) is 21.7 Å². The van der Waals surface area contributed by atoms with Crippen LogP contribution >= 0.6 is 0 Å². The van der Waals surface area contributed by atoms with Crippen LogP contribution in [0.5, 0.6) is 11.5 Å². The van der Waals surface area contributed by atoms with Gasteiger partial charge in [0.05, 0.1) is 16.5 Å². The Bertz CT molecular complexity index is 916. The first-order valence-corrected chi connectivity index (χ1v) is 6.40. The lowest BCUT2D eigenvalue weighted by Crippen LogP contribution is -2.12. The number of aromatic nitrogens is 2. The molecule has 8 heteroatoms. The molecule has 118 valence electrons. The Hall–Kier alpha value is -3.03. The van der Waals surface area contributed by atoms with Crippen LogP contribution in [0.3, 0.4) is 0 Å². The van der Waals surface area contributed by atoms with E-state index in [9.17, 15) is 28.2 Å². The van der Waals surface area contributed by atoms with Crippen LogP contribution in [0.25, 0.3) is 10.9 Å². The zero-order chi connectivity index (χ0) is 16.8. The van der Waals surface area contributed by atoms with Gasteiger partial charge in [-0.2, -0.15) is 13.2 Å². The highest BCUT2D eigenvalue weighted by atomic mass is 19.4. The van der Waals surface area contributed by atoms with E-state index in [4.69, 9.17) is 0 Å². The Morgan fingerprint density at radius 3 is 2.48 bits per heavy atom. The minimum absolute atomic E-state index is 0.0224. The highest BCUT2D eigenvalue weighted by Crippen LogP contribution is 2.35. The van der Waals surface area contributed by atoms with E-state index in [0.717, 1.165) is 18.2 Å². The number of rotatable bonds is 2. The molecule has 0 atom stereocenters. The number of hydrogen-bond donors (Lipinski definition) is 3. The number of nitrogens with one attached hydrogen (secondary N) is 1. The summed E-state index contributed by atoms with van der Waals surface area (Å²) in [5.41, 5.74) is -1.57. The standard InChI is InChI=1S/C15H9F3N2O3/c16-15(17,18)11-3-1-2-8(20-11)14(23)7-6-19-13-10(22)5-4-9(21)12(7)13/h1-6,19,21-22H. The summed E-state index contributed by atoms with van der Waals surface area (Å²) in [6, 6.07) is 5.40. The van der Waals surface area contributed by atoms with Crippen LogP contribution in [0, 0.1) is 0 Å². The molecule has 0 spiro atoms. The molecule has 1 aromatic carbocycles. The molecule has 3 rings (SSSR count). The second-order valence-corrected chi connectivity index (χ2v) is 4.79. The van der Waals surface area contributed by atoms with Crippen molar-refractivity contribution in [2.24, 2.45) is 0 Å². The highest BCUT2D eigenvalue weighted by molar-refractivity contribution is 6.17. The lowest BCUT2D eigenvalue weighted by atomic mass is 10.1. The van der Waals surface area contributed by atoms with Gasteiger partial charge in [0.2, 0.25) is 5.78 Å². The summed E-state index contributed by atoms with van der Waals surface area (Å²) < 4.78 is 38.1. The highest BCUT2D eigenvalue weighted by Gasteiger charge is 2.33. The number of halogens is 3. The van der Waals surface area contributed by atoms with Gasteiger partial charge >= 0.3 is 6.18 Å². The molecule has 23 heavy (non-hydrogen) atoms. The molecule has 2 aromatic heterocycles. The van der Waals surface area contributed by atoms with E-state index in [1.165, 1.54) is 18.3 Å². The molecule has 0 saturated carbocycles. The molecule has 0 saturated heterocycles. The number of fused-ring (bicyclic) bond motifs is 1. The van der Waals surface area contributed by atoms with Crippen molar-refractivity contribution in [2.45, 2.75) is 6.18 Å². The van der Waals surface area contributed by atoms with Crippen molar-refractivity contribution in [1.82, 2.24) is 9.97 Å². The van der Waals surface area contributed by atoms with E-state index in [1.807, 2.05) is 0 Å². The Kier molecular flexibility index (Phi) is 3.24. The van der Waals surface area contributed by atoms with Gasteiger partial charge in [0.15, 0.2) is 0 Å². The molecular weight excluding hydrogens is 313 g/mol. The van der Waals surface area contributed by atoms with Gasteiger partial charge in [-0.05, 0) is 24.3 Å². The Morgan fingerprint density at radius 2 is 1.78 bits per heavy atom. The summed E-state index contributed by atoms with van der Waals surface area (Å²) in [6.45, 7) is 0. The third-order valence-corrected chi connectivity index (χ3v) is 3.31. The normalized spacial score (nSPS) is 11.8. The van der Waals surface area contributed by atoms with Crippen molar-refractivity contribution in [3.05, 3.63) is 53.5 Å². The second kappa shape index (κ2) is 5.01. The third kappa shape index (κ3) is 2.48. The maximum absolute atomic E-state index is 12.7. The van der Waals surface area contributed by atoms with Crippen molar-refractivity contribution in [1.29, 1.82) is 0 Å². The maximum Gasteiger partial charge on any atom is 0.433 e. The number of aromatic hydroxyl groups is 2. The minimum atomic E-state index is -4.67. The van der Waals surface area contributed by atoms with Gasteiger partial charge in [-0.15, -0.1) is 0 Å². The summed E-state index contributed by atoms with van der Waals surface area (Å²) in [7, 11) is 0. The number of nitrogens with zero attached hydrogens (tertiary/aromatic N) is 1. The van der Waals surface area contributed by atoms with Gasteiger partial charge in [0.1, 0.15) is 22.9 Å². The molecule has 0 fully saturated rings. The first-order valence-electron chi connectivity index (χ1n) is 6.40. The van der Waals surface area contributed by atoms with Crippen LogP contribution in [0.2, 0.25) is 0 Å². The van der Waals surface area contributed by atoms with Gasteiger partial charge in [-0.3, -0.25) is 4.79 Å². The number of benzene rings is 1. The van der Waals surface area contributed by atoms with E-state index in [0.29, 0.717) is 0 Å². The molecule has 0 amide bonds. The summed E-state index contributed by atoms with van der Waals surface area (Å²) in [4.78, 5) is 18.4. The van der Waals surface area contributed by atoms with Crippen LogP contribution in [0.4, 0.5) is 13.2 Å². The molecule has 0 unspecified atom stereocenters. The molecule has 5 nitrogen and oxygen atoms in total. The molecule has 2 heterocycles. The molecule has 0 aliphatic heterocycles. The first kappa shape index (κ1) is 14.9. The van der Waals surface area contributed by atoms with Gasteiger partial charge in [0.25, 0.3) is 0 Å². The predicted octanol–water partition coefficient (Wildman–Crippen LogP) is 3.22. The fourth-order valence-corrected chi connectivity index (χ4v) is 2.25. The van der Waals surface area contributed by atoms with E-state index >= 15 is 0 Å². The Labute approximate surface area is 127 Å². The van der Waals surface area contributed by atoms with Gasteiger partial charge in [-0.25, -0.2) is 4.98 Å². The summed E-state index contributed by atoms with van der Waals surface area (Å²) in [5.74, 6) is -1.29. The lowest BCUT2D eigenvalue weighted by Gasteiger charge is -2.07. The quantitative estimate of drug-likeness (QED) is 0.499. The summed E-state index contributed by atoms with van der Waals surface area (Å²) >= 11 is 0. The Morgan fingerprint density at radius 1 is 1.09 bits per heavy atom. The second-order valence-electron chi connectivity index (χ2n) is 4.79. The molecular formula is C15H9F3N2O3. The predicted molar refractivity (Wildman–Crippen MR) is 74.3 cm³/mol. The Balaban J connectivity index is 2.14. The number of carbonyl (C=O) groups excluding carboxylic acids is 1. The summed E-state index contributed by atoms with van der Waals surface area (Å²) in [5, 5.41) is 19.6. The largest absolute Gasteiger partial charge is 0.507 e. The number of aromatic amines is 1. The fourth-order valence-electron chi connectivity index (χ4n) is 2.25. The average Bonchev–Trinajstić information content (AvgIpc) is 2.96. The number of ketones is 1. The third-order valence-electron chi connectivity index (χ3n) is 3.31. The molecule has 3 N–H and O–H groups in total. The maximum atomic E-state index is 12.7. The topological polar surface area (TPSA) is 86.2 Å². The molecule has 0 bridgehead atoms. The van der Waals surface area contributed by atoms with Gasteiger partial charge in [-0.1, -0.05) is 6.07 Å². The van der Waals surface area contributed by atoms with Crippen LogP contribution in [0.15, 0.2) is 36.5 Å². The monoisotopic (exact) mass is 322 g/mol. The number of phenols is 2. The lowest BCUT2D eigenvalue weighted by molar-refractivity contribution is -0.141.